The van der Waals surface area contributed by atoms with Crippen LogP contribution in [-0.4, -0.2) is 70.8 Å². The van der Waals surface area contributed by atoms with E-state index in [1.165, 1.54) is 6.07 Å². The van der Waals surface area contributed by atoms with E-state index in [9.17, 15) is 24.5 Å². The maximum atomic E-state index is 13.0. The topological polar surface area (TPSA) is 116 Å². The number of amides is 4. The molecule has 2 aliphatic heterocycles. The van der Waals surface area contributed by atoms with Crippen molar-refractivity contribution in [3.63, 3.8) is 0 Å². The van der Waals surface area contributed by atoms with Crippen LogP contribution in [0.25, 0.3) is 0 Å². The number of benzene rings is 1. The van der Waals surface area contributed by atoms with E-state index in [4.69, 9.17) is 0 Å². The van der Waals surface area contributed by atoms with Crippen molar-refractivity contribution in [2.24, 2.45) is 5.92 Å². The van der Waals surface area contributed by atoms with E-state index in [2.05, 4.69) is 12.2 Å². The Hall–Kier alpha value is -3.17. The number of nitrogens with zero attached hydrogens (tertiary/aromatic N) is 4. The minimum atomic E-state index is -0.852. The Morgan fingerprint density at radius 1 is 1.16 bits per heavy atom. The van der Waals surface area contributed by atoms with E-state index in [1.807, 2.05) is 4.90 Å². The van der Waals surface area contributed by atoms with Gasteiger partial charge in [-0.3, -0.25) is 24.6 Å². The number of rotatable bonds is 4. The van der Waals surface area contributed by atoms with Crippen LogP contribution in [0, 0.1) is 16.0 Å². The highest BCUT2D eigenvalue weighted by molar-refractivity contribution is 6.09. The largest absolute Gasteiger partial charge is 0.362 e. The van der Waals surface area contributed by atoms with Gasteiger partial charge in [-0.2, -0.15) is 0 Å². The molecule has 0 aromatic heterocycles. The van der Waals surface area contributed by atoms with Crippen molar-refractivity contribution in [3.8, 4) is 0 Å². The summed E-state index contributed by atoms with van der Waals surface area (Å²) in [6.07, 6.45) is 2.97. The first-order valence-electron chi connectivity index (χ1n) is 10.7. The van der Waals surface area contributed by atoms with E-state index in [1.54, 1.807) is 23.1 Å². The molecule has 4 rings (SSSR count). The van der Waals surface area contributed by atoms with Gasteiger partial charge in [-0.1, -0.05) is 19.1 Å². The van der Waals surface area contributed by atoms with Gasteiger partial charge < -0.3 is 15.1 Å². The number of hydrogen-bond acceptors (Lipinski definition) is 6. The van der Waals surface area contributed by atoms with Crippen LogP contribution in [0.3, 0.4) is 0 Å². The first-order valence-corrected chi connectivity index (χ1v) is 10.7. The van der Waals surface area contributed by atoms with Crippen LogP contribution in [0.5, 0.6) is 0 Å². The van der Waals surface area contributed by atoms with Crippen LogP contribution >= 0.6 is 0 Å². The maximum absolute atomic E-state index is 13.0. The molecule has 1 aliphatic carbocycles. The summed E-state index contributed by atoms with van der Waals surface area (Å²) >= 11 is 0. The number of piperazine rings is 1. The van der Waals surface area contributed by atoms with Gasteiger partial charge in [-0.05, 0) is 37.7 Å². The average molecular weight is 429 g/mol. The fraction of sp³-hybridized carbons (Fsp3) is 0.571. The van der Waals surface area contributed by atoms with E-state index >= 15 is 0 Å². The molecule has 0 unspecified atom stereocenters. The molecule has 3 aliphatic rings. The number of anilines is 1. The lowest BCUT2D eigenvalue weighted by Gasteiger charge is -2.36. The lowest BCUT2D eigenvalue weighted by atomic mass is 9.77. The van der Waals surface area contributed by atoms with Gasteiger partial charge in [0.15, 0.2) is 0 Å². The second kappa shape index (κ2) is 8.16. The molecule has 1 aromatic carbocycles. The molecule has 0 atom stereocenters. The lowest BCUT2D eigenvalue weighted by Crippen LogP contribution is -2.53. The predicted molar refractivity (Wildman–Crippen MR) is 112 cm³/mol. The molecule has 1 aromatic rings. The zero-order chi connectivity index (χ0) is 22.2. The van der Waals surface area contributed by atoms with Crippen LogP contribution in [0.4, 0.5) is 16.2 Å². The Bertz CT molecular complexity index is 903. The monoisotopic (exact) mass is 429 g/mol. The van der Waals surface area contributed by atoms with Crippen LogP contribution in [-0.2, 0) is 9.59 Å². The SMILES string of the molecule is CC1CCC2(CC1)NC(=O)N(CC(=O)N1CCN(c3ccccc3[N+](=O)[O-])CC1)C2=O. The summed E-state index contributed by atoms with van der Waals surface area (Å²) in [7, 11) is 0. The molecule has 166 valence electrons. The van der Waals surface area contributed by atoms with Gasteiger partial charge in [0.2, 0.25) is 5.91 Å². The molecule has 2 saturated heterocycles. The molecular formula is C21H27N5O5. The Morgan fingerprint density at radius 3 is 2.45 bits per heavy atom. The third-order valence-corrected chi connectivity index (χ3v) is 6.72. The molecule has 1 spiro atoms. The molecule has 3 fully saturated rings. The highest BCUT2D eigenvalue weighted by Gasteiger charge is 2.52. The molecule has 1 saturated carbocycles. The third-order valence-electron chi connectivity index (χ3n) is 6.72. The summed E-state index contributed by atoms with van der Waals surface area (Å²) < 4.78 is 0. The molecule has 10 heteroatoms. The first-order chi connectivity index (χ1) is 14.8. The van der Waals surface area contributed by atoms with Gasteiger partial charge in [0.25, 0.3) is 11.6 Å². The Morgan fingerprint density at radius 2 is 1.81 bits per heavy atom. The number of carbonyl (C=O) groups excluding carboxylic acids is 3. The molecule has 0 radical (unpaired) electrons. The summed E-state index contributed by atoms with van der Waals surface area (Å²) in [6, 6.07) is 6.05. The zero-order valence-corrected chi connectivity index (χ0v) is 17.6. The lowest BCUT2D eigenvalue weighted by molar-refractivity contribution is -0.384. The molecule has 4 amide bonds. The van der Waals surface area contributed by atoms with Crippen molar-refractivity contribution in [1.82, 2.24) is 15.1 Å². The van der Waals surface area contributed by atoms with E-state index in [0.717, 1.165) is 17.7 Å². The summed E-state index contributed by atoms with van der Waals surface area (Å²) in [5.74, 6) is -0.0500. The second-order valence-electron chi connectivity index (χ2n) is 8.70. The van der Waals surface area contributed by atoms with E-state index in [-0.39, 0.29) is 24.0 Å². The number of hydrogen-bond donors (Lipinski definition) is 1. The van der Waals surface area contributed by atoms with Gasteiger partial charge >= 0.3 is 6.03 Å². The molecule has 10 nitrogen and oxygen atoms in total. The zero-order valence-electron chi connectivity index (χ0n) is 17.6. The summed E-state index contributed by atoms with van der Waals surface area (Å²) in [4.78, 5) is 53.6. The fourth-order valence-electron chi connectivity index (χ4n) is 4.73. The summed E-state index contributed by atoms with van der Waals surface area (Å²) in [6.45, 7) is 3.50. The maximum Gasteiger partial charge on any atom is 0.325 e. The standard InChI is InChI=1S/C21H27N5O5/c1-15-6-8-21(9-7-15)19(28)25(20(29)22-21)14-18(27)24-12-10-23(11-13-24)16-4-2-3-5-17(16)26(30)31/h2-5,15H,6-14H2,1H3,(H,22,29). The van der Waals surface area contributed by atoms with Gasteiger partial charge in [-0.15, -0.1) is 0 Å². The van der Waals surface area contributed by atoms with Gasteiger partial charge in [-0.25, -0.2) is 4.79 Å². The first kappa shape index (κ1) is 21.1. The molecular weight excluding hydrogens is 402 g/mol. The summed E-state index contributed by atoms with van der Waals surface area (Å²) in [5, 5.41) is 14.1. The van der Waals surface area contributed by atoms with Crippen molar-refractivity contribution >= 4 is 29.2 Å². The van der Waals surface area contributed by atoms with Gasteiger partial charge in [0, 0.05) is 32.2 Å². The van der Waals surface area contributed by atoms with Gasteiger partial charge in [0.05, 0.1) is 4.92 Å². The van der Waals surface area contributed by atoms with Crippen molar-refractivity contribution in [1.29, 1.82) is 0 Å². The van der Waals surface area contributed by atoms with Crippen molar-refractivity contribution in [2.45, 2.75) is 38.1 Å². The van der Waals surface area contributed by atoms with E-state index in [0.29, 0.717) is 50.6 Å². The molecule has 0 bridgehead atoms. The smallest absolute Gasteiger partial charge is 0.325 e. The normalized spacial score (nSPS) is 26.4. The van der Waals surface area contributed by atoms with Crippen molar-refractivity contribution < 1.29 is 19.3 Å². The minimum absolute atomic E-state index is 0.0358. The minimum Gasteiger partial charge on any atom is -0.362 e. The van der Waals surface area contributed by atoms with E-state index < -0.39 is 16.5 Å². The average Bonchev–Trinajstić information content (AvgIpc) is 3.00. The molecule has 1 N–H and O–H groups in total. The second-order valence-corrected chi connectivity index (χ2v) is 8.70. The quantitative estimate of drug-likeness (QED) is 0.443. The van der Waals surface area contributed by atoms with Crippen LogP contribution in [0.1, 0.15) is 32.6 Å². The Kier molecular flexibility index (Phi) is 5.55. The number of carbonyl (C=O) groups is 3. The number of para-hydroxylation sites is 2. The number of urea groups is 1. The number of nitrogens with one attached hydrogen (secondary N) is 1. The predicted octanol–water partition coefficient (Wildman–Crippen LogP) is 1.74. The van der Waals surface area contributed by atoms with Crippen LogP contribution in [0.15, 0.2) is 24.3 Å². The molecule has 2 heterocycles. The number of nitro groups is 1. The Labute approximate surface area is 180 Å². The highest BCUT2D eigenvalue weighted by atomic mass is 16.6. The van der Waals surface area contributed by atoms with Crippen molar-refractivity contribution in [2.75, 3.05) is 37.6 Å². The van der Waals surface area contributed by atoms with Crippen LogP contribution in [0.2, 0.25) is 0 Å². The number of nitro benzene ring substituents is 1. The Balaban J connectivity index is 1.36. The number of imide groups is 1. The van der Waals surface area contributed by atoms with Crippen molar-refractivity contribution in [3.05, 3.63) is 34.4 Å². The summed E-state index contributed by atoms with van der Waals surface area (Å²) in [5.41, 5.74) is -0.287. The molecule has 31 heavy (non-hydrogen) atoms. The van der Waals surface area contributed by atoms with Gasteiger partial charge in [0.1, 0.15) is 17.8 Å². The fourth-order valence-corrected chi connectivity index (χ4v) is 4.73. The third kappa shape index (κ3) is 3.94. The van der Waals surface area contributed by atoms with Crippen LogP contribution < -0.4 is 10.2 Å². The highest BCUT2D eigenvalue weighted by Crippen LogP contribution is 2.36.